The molecule has 2 N–H and O–H groups in total. The molecule has 0 amide bonds. The molecule has 0 fully saturated rings. The van der Waals surface area contributed by atoms with Gasteiger partial charge in [0.1, 0.15) is 6.04 Å². The number of hydrogen-bond donors (Lipinski definition) is 1. The zero-order chi connectivity index (χ0) is 13.1. The predicted molar refractivity (Wildman–Crippen MR) is 59.7 cm³/mol. The standard InChI is InChI=1S/C12H15F2NO2/c1-3-17-11(16)12(13,14)10(15)9-7-5-4-6-8(9)2/h4-7,10H,3,15H2,1-2H3/t10-/m0/s1. The van der Waals surface area contributed by atoms with E-state index in [2.05, 4.69) is 4.74 Å². The Bertz CT molecular complexity index is 407. The summed E-state index contributed by atoms with van der Waals surface area (Å²) in [6, 6.07) is 4.77. The molecule has 17 heavy (non-hydrogen) atoms. The van der Waals surface area contributed by atoms with Crippen LogP contribution in [0.1, 0.15) is 24.1 Å². The second-order valence-corrected chi connectivity index (χ2v) is 3.68. The van der Waals surface area contributed by atoms with Crippen molar-refractivity contribution in [1.82, 2.24) is 0 Å². The van der Waals surface area contributed by atoms with Gasteiger partial charge in [-0.3, -0.25) is 0 Å². The number of carbonyl (C=O) groups is 1. The van der Waals surface area contributed by atoms with E-state index in [0.29, 0.717) is 5.56 Å². The molecular weight excluding hydrogens is 228 g/mol. The van der Waals surface area contributed by atoms with Crippen molar-refractivity contribution in [2.75, 3.05) is 6.61 Å². The van der Waals surface area contributed by atoms with Gasteiger partial charge in [0.25, 0.3) is 0 Å². The first-order chi connectivity index (χ1) is 7.91. The average Bonchev–Trinajstić information content (AvgIpc) is 2.29. The Morgan fingerprint density at radius 2 is 2.06 bits per heavy atom. The Morgan fingerprint density at radius 1 is 1.47 bits per heavy atom. The van der Waals surface area contributed by atoms with E-state index in [1.54, 1.807) is 25.1 Å². The first-order valence-corrected chi connectivity index (χ1v) is 5.27. The topological polar surface area (TPSA) is 52.3 Å². The van der Waals surface area contributed by atoms with Gasteiger partial charge >= 0.3 is 11.9 Å². The second kappa shape index (κ2) is 5.23. The van der Waals surface area contributed by atoms with Crippen LogP contribution in [-0.2, 0) is 9.53 Å². The van der Waals surface area contributed by atoms with Gasteiger partial charge < -0.3 is 10.5 Å². The summed E-state index contributed by atoms with van der Waals surface area (Å²) in [6.07, 6.45) is 0. The Hall–Kier alpha value is -1.49. The molecule has 0 bridgehead atoms. The zero-order valence-electron chi connectivity index (χ0n) is 9.74. The van der Waals surface area contributed by atoms with E-state index in [0.717, 1.165) is 0 Å². The van der Waals surface area contributed by atoms with Crippen LogP contribution >= 0.6 is 0 Å². The zero-order valence-corrected chi connectivity index (χ0v) is 9.74. The van der Waals surface area contributed by atoms with Crippen molar-refractivity contribution in [3.63, 3.8) is 0 Å². The number of nitrogens with two attached hydrogens (primary N) is 1. The Balaban J connectivity index is 3.00. The summed E-state index contributed by atoms with van der Waals surface area (Å²) in [5.74, 6) is -5.31. The van der Waals surface area contributed by atoms with E-state index in [9.17, 15) is 13.6 Å². The number of ether oxygens (including phenoxy) is 1. The molecule has 0 aliphatic heterocycles. The van der Waals surface area contributed by atoms with Crippen LogP contribution in [0.4, 0.5) is 8.78 Å². The van der Waals surface area contributed by atoms with Crippen LogP contribution in [0.3, 0.4) is 0 Å². The van der Waals surface area contributed by atoms with Gasteiger partial charge in [-0.1, -0.05) is 24.3 Å². The van der Waals surface area contributed by atoms with Crippen LogP contribution in [0.5, 0.6) is 0 Å². The van der Waals surface area contributed by atoms with Crippen molar-refractivity contribution >= 4 is 5.97 Å². The Morgan fingerprint density at radius 3 is 2.59 bits per heavy atom. The normalized spacial score (nSPS) is 13.2. The van der Waals surface area contributed by atoms with Gasteiger partial charge in [-0.2, -0.15) is 8.78 Å². The summed E-state index contributed by atoms with van der Waals surface area (Å²) >= 11 is 0. The molecule has 0 unspecified atom stereocenters. The minimum atomic E-state index is -3.72. The minimum Gasteiger partial charge on any atom is -0.462 e. The molecule has 94 valence electrons. The highest BCUT2D eigenvalue weighted by Gasteiger charge is 2.48. The summed E-state index contributed by atoms with van der Waals surface area (Å²) < 4.78 is 31.6. The number of carbonyl (C=O) groups excluding carboxylic acids is 1. The summed E-state index contributed by atoms with van der Waals surface area (Å²) in [4.78, 5) is 11.1. The lowest BCUT2D eigenvalue weighted by Crippen LogP contribution is -2.42. The van der Waals surface area contributed by atoms with Gasteiger partial charge in [-0.15, -0.1) is 0 Å². The third-order valence-corrected chi connectivity index (χ3v) is 2.46. The van der Waals surface area contributed by atoms with Crippen molar-refractivity contribution in [3.05, 3.63) is 35.4 Å². The summed E-state index contributed by atoms with van der Waals surface area (Å²) in [5, 5.41) is 0. The van der Waals surface area contributed by atoms with Gasteiger partial charge in [-0.25, -0.2) is 4.79 Å². The number of benzene rings is 1. The van der Waals surface area contributed by atoms with E-state index >= 15 is 0 Å². The first kappa shape index (κ1) is 13.6. The van der Waals surface area contributed by atoms with Gasteiger partial charge in [0, 0.05) is 0 Å². The fourth-order valence-electron chi connectivity index (χ4n) is 1.49. The fraction of sp³-hybridized carbons (Fsp3) is 0.417. The van der Waals surface area contributed by atoms with Crippen LogP contribution in [0, 0.1) is 6.92 Å². The summed E-state index contributed by atoms with van der Waals surface area (Å²) in [6.45, 7) is 3.03. The SMILES string of the molecule is CCOC(=O)C(F)(F)[C@@H](N)c1ccccc1C. The summed E-state index contributed by atoms with van der Waals surface area (Å²) in [7, 11) is 0. The third-order valence-electron chi connectivity index (χ3n) is 2.46. The van der Waals surface area contributed by atoms with Gasteiger partial charge in [0.05, 0.1) is 6.61 Å². The first-order valence-electron chi connectivity index (χ1n) is 5.27. The van der Waals surface area contributed by atoms with Crippen molar-refractivity contribution in [2.24, 2.45) is 5.73 Å². The maximum absolute atomic E-state index is 13.7. The minimum absolute atomic E-state index is 0.102. The maximum Gasteiger partial charge on any atom is 0.379 e. The largest absolute Gasteiger partial charge is 0.462 e. The van der Waals surface area contributed by atoms with Crippen molar-refractivity contribution < 1.29 is 18.3 Å². The monoisotopic (exact) mass is 243 g/mol. The molecule has 0 aliphatic rings. The number of alkyl halides is 2. The van der Waals surface area contributed by atoms with Gasteiger partial charge in [0.15, 0.2) is 0 Å². The molecule has 0 saturated heterocycles. The number of rotatable bonds is 4. The molecule has 0 aliphatic carbocycles. The van der Waals surface area contributed by atoms with Crippen LogP contribution in [0.2, 0.25) is 0 Å². The molecule has 5 heteroatoms. The lowest BCUT2D eigenvalue weighted by atomic mass is 9.97. The highest BCUT2D eigenvalue weighted by atomic mass is 19.3. The van der Waals surface area contributed by atoms with Crippen molar-refractivity contribution in [2.45, 2.75) is 25.8 Å². The number of halogens is 2. The average molecular weight is 243 g/mol. The van der Waals surface area contributed by atoms with Crippen LogP contribution in [0.25, 0.3) is 0 Å². The highest BCUT2D eigenvalue weighted by molar-refractivity contribution is 5.79. The number of esters is 1. The van der Waals surface area contributed by atoms with Gasteiger partial charge in [0.2, 0.25) is 0 Å². The van der Waals surface area contributed by atoms with E-state index in [1.165, 1.54) is 13.0 Å². The molecule has 3 nitrogen and oxygen atoms in total. The van der Waals surface area contributed by atoms with Crippen LogP contribution in [0.15, 0.2) is 24.3 Å². The lowest BCUT2D eigenvalue weighted by molar-refractivity contribution is -0.174. The van der Waals surface area contributed by atoms with E-state index in [-0.39, 0.29) is 12.2 Å². The third kappa shape index (κ3) is 2.79. The Labute approximate surface area is 98.6 Å². The van der Waals surface area contributed by atoms with Crippen molar-refractivity contribution in [1.29, 1.82) is 0 Å². The molecule has 1 rings (SSSR count). The van der Waals surface area contributed by atoms with Crippen molar-refractivity contribution in [3.8, 4) is 0 Å². The van der Waals surface area contributed by atoms with Gasteiger partial charge in [-0.05, 0) is 25.0 Å². The lowest BCUT2D eigenvalue weighted by Gasteiger charge is -2.23. The highest BCUT2D eigenvalue weighted by Crippen LogP contribution is 2.32. The van der Waals surface area contributed by atoms with Crippen LogP contribution < -0.4 is 5.73 Å². The molecule has 0 heterocycles. The van der Waals surface area contributed by atoms with Crippen LogP contribution in [-0.4, -0.2) is 18.5 Å². The summed E-state index contributed by atoms with van der Waals surface area (Å²) in [5.41, 5.74) is 6.31. The fourth-order valence-corrected chi connectivity index (χ4v) is 1.49. The molecule has 0 radical (unpaired) electrons. The molecule has 1 aromatic rings. The smallest absolute Gasteiger partial charge is 0.379 e. The second-order valence-electron chi connectivity index (χ2n) is 3.68. The number of aryl methyl sites for hydroxylation is 1. The van der Waals surface area contributed by atoms with E-state index in [1.807, 2.05) is 0 Å². The molecule has 0 spiro atoms. The molecular formula is C12H15F2NO2. The molecule has 0 aromatic heterocycles. The van der Waals surface area contributed by atoms with E-state index < -0.39 is 17.9 Å². The quantitative estimate of drug-likeness (QED) is 0.825. The molecule has 1 aromatic carbocycles. The Kier molecular flexibility index (Phi) is 4.17. The van der Waals surface area contributed by atoms with E-state index in [4.69, 9.17) is 5.73 Å². The molecule has 1 atom stereocenters. The predicted octanol–water partition coefficient (Wildman–Crippen LogP) is 2.19. The maximum atomic E-state index is 13.7. The number of hydrogen-bond acceptors (Lipinski definition) is 3. The molecule has 0 saturated carbocycles.